The van der Waals surface area contributed by atoms with Gasteiger partial charge in [0.2, 0.25) is 0 Å². The molecular formula is C13H10Cl2N2S. The van der Waals surface area contributed by atoms with Crippen LogP contribution in [0.3, 0.4) is 0 Å². The highest BCUT2D eigenvalue weighted by Crippen LogP contribution is 2.24. The van der Waals surface area contributed by atoms with Gasteiger partial charge in [-0.1, -0.05) is 29.3 Å². The minimum Gasteiger partial charge on any atom is -0.384 e. The summed E-state index contributed by atoms with van der Waals surface area (Å²) in [6, 6.07) is 11.4. The van der Waals surface area contributed by atoms with Crippen LogP contribution in [0.25, 0.3) is 0 Å². The molecule has 1 aromatic heterocycles. The smallest absolute Gasteiger partial charge is 0.103 e. The van der Waals surface area contributed by atoms with Gasteiger partial charge in [0.05, 0.1) is 20.6 Å². The van der Waals surface area contributed by atoms with Crippen molar-refractivity contribution in [1.82, 2.24) is 0 Å². The highest BCUT2D eigenvalue weighted by Gasteiger charge is 2.05. The molecule has 0 aliphatic rings. The zero-order valence-corrected chi connectivity index (χ0v) is 11.7. The second-order valence-electron chi connectivity index (χ2n) is 3.66. The van der Waals surface area contributed by atoms with Crippen LogP contribution >= 0.6 is 34.5 Å². The number of hydrogen-bond donors (Lipinski definition) is 1. The van der Waals surface area contributed by atoms with Gasteiger partial charge >= 0.3 is 0 Å². The third kappa shape index (κ3) is 3.17. The van der Waals surface area contributed by atoms with Crippen LogP contribution in [0.1, 0.15) is 10.4 Å². The molecule has 5 heteroatoms. The van der Waals surface area contributed by atoms with Gasteiger partial charge in [-0.3, -0.25) is 0 Å². The molecule has 0 atom stereocenters. The van der Waals surface area contributed by atoms with Crippen molar-refractivity contribution in [3.63, 3.8) is 0 Å². The van der Waals surface area contributed by atoms with Crippen molar-refractivity contribution < 1.29 is 0 Å². The first-order valence-electron chi connectivity index (χ1n) is 5.37. The molecule has 0 saturated carbocycles. The average molecular weight is 297 g/mol. The molecule has 0 bridgehead atoms. The van der Waals surface area contributed by atoms with E-state index in [2.05, 4.69) is 11.4 Å². The Morgan fingerprint density at radius 3 is 2.72 bits per heavy atom. The number of halogens is 2. The molecule has 0 spiro atoms. The van der Waals surface area contributed by atoms with Crippen molar-refractivity contribution in [2.24, 2.45) is 0 Å². The third-order valence-electron chi connectivity index (χ3n) is 2.44. The van der Waals surface area contributed by atoms with Crippen LogP contribution in [0.4, 0.5) is 5.69 Å². The van der Waals surface area contributed by atoms with E-state index in [0.717, 1.165) is 23.0 Å². The van der Waals surface area contributed by atoms with Crippen molar-refractivity contribution in [1.29, 1.82) is 5.26 Å². The molecule has 2 aromatic rings. The zero-order chi connectivity index (χ0) is 13.0. The molecule has 0 saturated heterocycles. The van der Waals surface area contributed by atoms with E-state index in [1.807, 2.05) is 24.3 Å². The zero-order valence-electron chi connectivity index (χ0n) is 9.41. The lowest BCUT2D eigenvalue weighted by Crippen LogP contribution is -2.05. The predicted octanol–water partition coefficient (Wildman–Crippen LogP) is 4.58. The summed E-state index contributed by atoms with van der Waals surface area (Å²) < 4.78 is 0.797. The Morgan fingerprint density at radius 2 is 2.06 bits per heavy atom. The van der Waals surface area contributed by atoms with Gasteiger partial charge in [-0.25, -0.2) is 0 Å². The Kier molecular flexibility index (Phi) is 4.48. The lowest BCUT2D eigenvalue weighted by molar-refractivity contribution is 1.04. The molecule has 1 heterocycles. The second-order valence-corrected chi connectivity index (χ2v) is 5.86. The monoisotopic (exact) mass is 296 g/mol. The molecule has 0 aliphatic carbocycles. The Hall–Kier alpha value is -1.21. The van der Waals surface area contributed by atoms with Gasteiger partial charge in [0.1, 0.15) is 6.07 Å². The molecule has 2 rings (SSSR count). The van der Waals surface area contributed by atoms with E-state index in [-0.39, 0.29) is 0 Å². The summed E-state index contributed by atoms with van der Waals surface area (Å²) in [6.45, 7) is 0.742. The molecule has 92 valence electrons. The number of anilines is 1. The van der Waals surface area contributed by atoms with Gasteiger partial charge in [-0.2, -0.15) is 5.26 Å². The molecule has 0 radical (unpaired) electrons. The maximum atomic E-state index is 9.03. The number of nitrogens with zero attached hydrogens (tertiary/aromatic N) is 1. The maximum Gasteiger partial charge on any atom is 0.103 e. The molecule has 18 heavy (non-hydrogen) atoms. The number of benzene rings is 1. The van der Waals surface area contributed by atoms with Crippen LogP contribution in [-0.4, -0.2) is 6.54 Å². The predicted molar refractivity (Wildman–Crippen MR) is 77.7 cm³/mol. The number of nitrogens with one attached hydrogen (secondary N) is 1. The molecule has 1 N–H and O–H groups in total. The largest absolute Gasteiger partial charge is 0.384 e. The normalized spacial score (nSPS) is 10.1. The Labute approximate surface area is 120 Å². The van der Waals surface area contributed by atoms with Gasteiger partial charge in [-0.15, -0.1) is 11.3 Å². The van der Waals surface area contributed by atoms with E-state index in [1.54, 1.807) is 17.4 Å². The highest BCUT2D eigenvalue weighted by atomic mass is 35.5. The van der Waals surface area contributed by atoms with E-state index < -0.39 is 0 Å². The van der Waals surface area contributed by atoms with Crippen LogP contribution in [0.15, 0.2) is 30.3 Å². The van der Waals surface area contributed by atoms with Crippen LogP contribution in [0.2, 0.25) is 9.36 Å². The first-order valence-corrected chi connectivity index (χ1v) is 6.94. The first kappa shape index (κ1) is 13.2. The summed E-state index contributed by atoms with van der Waals surface area (Å²) in [5.41, 5.74) is 1.26. The van der Waals surface area contributed by atoms with Crippen LogP contribution < -0.4 is 5.32 Å². The van der Waals surface area contributed by atoms with E-state index in [9.17, 15) is 0 Å². The highest BCUT2D eigenvalue weighted by molar-refractivity contribution is 7.16. The van der Waals surface area contributed by atoms with Gasteiger partial charge in [0, 0.05) is 11.4 Å². The summed E-state index contributed by atoms with van der Waals surface area (Å²) in [7, 11) is 0. The first-order chi connectivity index (χ1) is 8.70. The molecular weight excluding hydrogens is 287 g/mol. The fourth-order valence-electron chi connectivity index (χ4n) is 1.59. The van der Waals surface area contributed by atoms with Crippen LogP contribution in [0.5, 0.6) is 0 Å². The van der Waals surface area contributed by atoms with Gasteiger partial charge in [-0.05, 0) is 30.7 Å². The molecule has 0 unspecified atom stereocenters. The minimum absolute atomic E-state index is 0.474. The van der Waals surface area contributed by atoms with Crippen molar-refractivity contribution >= 4 is 40.2 Å². The quantitative estimate of drug-likeness (QED) is 0.896. The third-order valence-corrected chi connectivity index (χ3v) is 4.05. The lowest BCUT2D eigenvalue weighted by Gasteiger charge is -2.08. The van der Waals surface area contributed by atoms with Gasteiger partial charge < -0.3 is 5.32 Å². The summed E-state index contributed by atoms with van der Waals surface area (Å²) in [5, 5.41) is 12.7. The summed E-state index contributed by atoms with van der Waals surface area (Å²) in [4.78, 5) is 1.22. The Morgan fingerprint density at radius 1 is 1.22 bits per heavy atom. The van der Waals surface area contributed by atoms with Gasteiger partial charge in [0.15, 0.2) is 0 Å². The fraction of sp³-hybridized carbons (Fsp3) is 0.154. The molecule has 0 amide bonds. The van der Waals surface area contributed by atoms with Crippen molar-refractivity contribution in [3.05, 3.63) is 50.1 Å². The average Bonchev–Trinajstić information content (AvgIpc) is 2.75. The minimum atomic E-state index is 0.474. The number of thiophene rings is 1. The number of hydrogen-bond acceptors (Lipinski definition) is 3. The summed E-state index contributed by atoms with van der Waals surface area (Å²) in [6.07, 6.45) is 0.870. The lowest BCUT2D eigenvalue weighted by atomic mass is 10.2. The summed E-state index contributed by atoms with van der Waals surface area (Å²) in [5.74, 6) is 0. The van der Waals surface area contributed by atoms with E-state index in [0.29, 0.717) is 10.6 Å². The molecule has 1 aromatic carbocycles. The van der Waals surface area contributed by atoms with E-state index in [1.165, 1.54) is 4.88 Å². The number of nitriles is 1. The van der Waals surface area contributed by atoms with E-state index >= 15 is 0 Å². The molecule has 0 aliphatic heterocycles. The van der Waals surface area contributed by atoms with Crippen LogP contribution in [0, 0.1) is 11.3 Å². The van der Waals surface area contributed by atoms with Crippen LogP contribution in [-0.2, 0) is 6.42 Å². The summed E-state index contributed by atoms with van der Waals surface area (Å²) >= 11 is 13.4. The standard InChI is InChI=1S/C13H10Cl2N2S/c14-11-2-1-3-12(10(11)8-16)17-7-6-9-4-5-13(15)18-9/h1-5,17H,6-7H2. The number of rotatable bonds is 4. The van der Waals surface area contributed by atoms with E-state index in [4.69, 9.17) is 28.5 Å². The Balaban J connectivity index is 1.99. The fourth-order valence-corrected chi connectivity index (χ4v) is 2.90. The van der Waals surface area contributed by atoms with Crippen molar-refractivity contribution in [2.45, 2.75) is 6.42 Å². The molecule has 0 fully saturated rings. The maximum absolute atomic E-state index is 9.03. The van der Waals surface area contributed by atoms with Gasteiger partial charge in [0.25, 0.3) is 0 Å². The van der Waals surface area contributed by atoms with Crippen molar-refractivity contribution in [3.8, 4) is 6.07 Å². The second kappa shape index (κ2) is 6.10. The van der Waals surface area contributed by atoms with Crippen molar-refractivity contribution in [2.75, 3.05) is 11.9 Å². The SMILES string of the molecule is N#Cc1c(Cl)cccc1NCCc1ccc(Cl)s1. The topological polar surface area (TPSA) is 35.8 Å². The Bertz CT molecular complexity index is 587. The molecule has 2 nitrogen and oxygen atoms in total.